The molecule has 6 aromatic rings. The Bertz CT molecular complexity index is 2290. The lowest BCUT2D eigenvalue weighted by molar-refractivity contribution is -0.245. The number of thioether (sulfide) groups is 1. The summed E-state index contributed by atoms with van der Waals surface area (Å²) in [5.74, 6) is 0.532. The van der Waals surface area contributed by atoms with E-state index in [1.807, 2.05) is 78.9 Å². The zero-order valence-electron chi connectivity index (χ0n) is 31.7. The van der Waals surface area contributed by atoms with Crippen LogP contribution in [0.5, 0.6) is 5.75 Å². The minimum Gasteiger partial charge on any atom is -0.508 e. The number of hydrogen-bond acceptors (Lipinski definition) is 11. The second-order valence-electron chi connectivity index (χ2n) is 14.0. The molecule has 14 heteroatoms. The molecule has 1 aliphatic heterocycles. The van der Waals surface area contributed by atoms with E-state index < -0.39 is 6.29 Å². The van der Waals surface area contributed by atoms with Crippen LogP contribution < -0.4 is 16.4 Å². The number of hydrogen-bond donors (Lipinski definition) is 5. The van der Waals surface area contributed by atoms with Crippen molar-refractivity contribution in [1.82, 2.24) is 25.5 Å². The quantitative estimate of drug-likeness (QED) is 0.0377. The number of nitrogen functional groups attached to an aromatic ring is 1. The van der Waals surface area contributed by atoms with Crippen molar-refractivity contribution in [3.8, 4) is 22.6 Å². The van der Waals surface area contributed by atoms with Crippen molar-refractivity contribution >= 4 is 35.0 Å². The largest absolute Gasteiger partial charge is 0.508 e. The van der Waals surface area contributed by atoms with Crippen LogP contribution in [-0.2, 0) is 32.2 Å². The van der Waals surface area contributed by atoms with Crippen molar-refractivity contribution in [3.05, 3.63) is 144 Å². The molecule has 1 aliphatic rings. The second kappa shape index (κ2) is 19.4. The molecule has 0 unspecified atom stereocenters. The fourth-order valence-corrected chi connectivity index (χ4v) is 7.50. The van der Waals surface area contributed by atoms with Crippen LogP contribution in [0.4, 0.5) is 11.4 Å². The Morgan fingerprint density at radius 3 is 2.31 bits per heavy atom. The number of amides is 2. The number of tetrazole rings is 1. The summed E-state index contributed by atoms with van der Waals surface area (Å²) in [4.78, 5) is 24.9. The summed E-state index contributed by atoms with van der Waals surface area (Å²) in [5.41, 5.74) is 13.4. The molecule has 6 N–H and O–H groups in total. The molecule has 13 nitrogen and oxygen atoms in total. The normalized spacial score (nSPS) is 16.5. The average molecular weight is 800 g/mol. The van der Waals surface area contributed by atoms with Crippen LogP contribution >= 0.6 is 11.8 Å². The summed E-state index contributed by atoms with van der Waals surface area (Å²) < 4.78 is 14.8. The third-order valence-electron chi connectivity index (χ3n) is 9.77. The molecule has 0 bridgehead atoms. The summed E-state index contributed by atoms with van der Waals surface area (Å²) in [7, 11) is 0. The maximum absolute atomic E-state index is 12.6. The van der Waals surface area contributed by atoms with Crippen LogP contribution in [0.3, 0.4) is 0 Å². The fourth-order valence-electron chi connectivity index (χ4n) is 6.59. The van der Waals surface area contributed by atoms with Gasteiger partial charge in [0.05, 0.1) is 35.9 Å². The molecule has 0 aliphatic carbocycles. The fraction of sp³-hybridized carbons (Fsp3) is 0.250. The topological polar surface area (TPSA) is 187 Å². The van der Waals surface area contributed by atoms with Gasteiger partial charge >= 0.3 is 0 Å². The predicted molar refractivity (Wildman–Crippen MR) is 222 cm³/mol. The number of carbonyl (C=O) groups excluding carboxylic acids is 2. The lowest BCUT2D eigenvalue weighted by Crippen LogP contribution is -2.31. The SMILES string of the molecule is Nc1ccccc1NC(=O)CCCCC(=O)NCc1cccc(-c2ccc([C@@H]3O[C@H](CSc4nnnn4-c4ccc(O)cc4)C[C@H](c4ccc(CO)cc4)O3)cc2)c1. The van der Waals surface area contributed by atoms with E-state index in [9.17, 15) is 19.8 Å². The van der Waals surface area contributed by atoms with E-state index in [1.165, 1.54) is 11.8 Å². The van der Waals surface area contributed by atoms with Crippen LogP contribution in [0, 0.1) is 0 Å². The number of carbonyl (C=O) groups is 2. The molecule has 3 atom stereocenters. The number of para-hydroxylation sites is 2. The van der Waals surface area contributed by atoms with Gasteiger partial charge in [0.15, 0.2) is 6.29 Å². The number of aliphatic hydroxyl groups is 1. The number of unbranched alkanes of at least 4 members (excludes halogenated alkanes) is 1. The standard InChI is InChI=1S/C44H45N7O6S/c45-38-8-1-2-9-39(38)47-42(55)11-4-3-10-41(54)46-26-30-6-5-7-34(24-30)31-16-18-33(19-17-31)43-56-37(25-40(57-43)32-14-12-29(27-52)13-15-32)28-58-44-48-49-50-51(44)35-20-22-36(53)23-21-35/h1-2,5-9,12-24,37,40,43,52-53H,3-4,10-11,25-28,45H2,(H,46,54)(H,47,55)/t37-,40+,43+/m0/s1. The third kappa shape index (κ3) is 10.7. The number of ether oxygens (including phenoxy) is 2. The Hall–Kier alpha value is -6.06. The first-order valence-electron chi connectivity index (χ1n) is 19.1. The summed E-state index contributed by atoms with van der Waals surface area (Å²) in [6, 6.07) is 37.7. The monoisotopic (exact) mass is 799 g/mol. The predicted octanol–water partition coefficient (Wildman–Crippen LogP) is 7.26. The molecule has 1 fully saturated rings. The molecule has 0 saturated carbocycles. The highest BCUT2D eigenvalue weighted by molar-refractivity contribution is 7.99. The Labute approximate surface area is 340 Å². The van der Waals surface area contributed by atoms with Crippen LogP contribution in [0.15, 0.2) is 126 Å². The number of nitrogens with one attached hydrogen (secondary N) is 2. The van der Waals surface area contributed by atoms with Gasteiger partial charge in [0.1, 0.15) is 5.75 Å². The van der Waals surface area contributed by atoms with Gasteiger partial charge < -0.3 is 36.1 Å². The highest BCUT2D eigenvalue weighted by atomic mass is 32.2. The van der Waals surface area contributed by atoms with Gasteiger partial charge in [0.2, 0.25) is 17.0 Å². The number of aliphatic hydroxyl groups excluding tert-OH is 1. The highest BCUT2D eigenvalue weighted by Crippen LogP contribution is 2.40. The number of benzene rings is 5. The molecule has 0 radical (unpaired) electrons. The van der Waals surface area contributed by atoms with Gasteiger partial charge in [-0.2, -0.15) is 4.68 Å². The zero-order valence-corrected chi connectivity index (χ0v) is 32.6. The number of aromatic nitrogens is 4. The zero-order chi connectivity index (χ0) is 40.3. The number of phenols is 1. The molecule has 2 heterocycles. The molecular formula is C44H45N7O6S. The van der Waals surface area contributed by atoms with Gasteiger partial charge in [0.25, 0.3) is 0 Å². The number of aromatic hydroxyl groups is 1. The van der Waals surface area contributed by atoms with Gasteiger partial charge in [-0.3, -0.25) is 9.59 Å². The smallest absolute Gasteiger partial charge is 0.224 e. The summed E-state index contributed by atoms with van der Waals surface area (Å²) in [6.45, 7) is 0.357. The number of nitrogens with two attached hydrogens (primary N) is 1. The van der Waals surface area contributed by atoms with E-state index in [0.29, 0.717) is 60.9 Å². The van der Waals surface area contributed by atoms with Gasteiger partial charge in [-0.25, -0.2) is 0 Å². The summed E-state index contributed by atoms with van der Waals surface area (Å²) in [6.07, 6.45) is 1.34. The van der Waals surface area contributed by atoms with Crippen molar-refractivity contribution in [2.24, 2.45) is 0 Å². The molecule has 0 spiro atoms. The van der Waals surface area contributed by atoms with Gasteiger partial charge in [-0.05, 0) is 93.6 Å². The Morgan fingerprint density at radius 1 is 0.810 bits per heavy atom. The minimum absolute atomic E-state index is 0.0357. The van der Waals surface area contributed by atoms with Crippen LogP contribution in [0.2, 0.25) is 0 Å². The van der Waals surface area contributed by atoms with E-state index in [2.05, 4.69) is 32.2 Å². The highest BCUT2D eigenvalue weighted by Gasteiger charge is 2.33. The number of rotatable bonds is 16. The number of anilines is 2. The maximum Gasteiger partial charge on any atom is 0.224 e. The average Bonchev–Trinajstić information content (AvgIpc) is 3.73. The maximum atomic E-state index is 12.6. The molecule has 1 saturated heterocycles. The first-order valence-corrected chi connectivity index (χ1v) is 20.1. The first-order chi connectivity index (χ1) is 28.3. The van der Waals surface area contributed by atoms with E-state index in [4.69, 9.17) is 15.2 Å². The first kappa shape index (κ1) is 40.1. The summed E-state index contributed by atoms with van der Waals surface area (Å²) in [5, 5.41) is 38.0. The van der Waals surface area contributed by atoms with Gasteiger partial charge in [-0.15, -0.1) is 5.10 Å². The Balaban J connectivity index is 0.948. The molecule has 1 aromatic heterocycles. The van der Waals surface area contributed by atoms with Crippen molar-refractivity contribution in [3.63, 3.8) is 0 Å². The van der Waals surface area contributed by atoms with E-state index in [-0.39, 0.29) is 36.4 Å². The Morgan fingerprint density at radius 2 is 1.55 bits per heavy atom. The molecule has 7 rings (SSSR count). The van der Waals surface area contributed by atoms with Crippen molar-refractivity contribution < 1.29 is 29.3 Å². The molecule has 2 amide bonds. The lowest BCUT2D eigenvalue weighted by atomic mass is 9.99. The van der Waals surface area contributed by atoms with Gasteiger partial charge in [0, 0.05) is 37.1 Å². The Kier molecular flexibility index (Phi) is 13.4. The second-order valence-corrected chi connectivity index (χ2v) is 15.0. The lowest BCUT2D eigenvalue weighted by Gasteiger charge is -2.36. The van der Waals surface area contributed by atoms with Crippen molar-refractivity contribution in [2.45, 2.75) is 68.9 Å². The van der Waals surface area contributed by atoms with Crippen LogP contribution in [0.25, 0.3) is 16.8 Å². The van der Waals surface area contributed by atoms with Crippen molar-refractivity contribution in [2.75, 3.05) is 16.8 Å². The molecule has 5 aromatic carbocycles. The van der Waals surface area contributed by atoms with Crippen LogP contribution in [-0.4, -0.2) is 54.1 Å². The van der Waals surface area contributed by atoms with Crippen LogP contribution in [0.1, 0.15) is 66.8 Å². The van der Waals surface area contributed by atoms with Crippen molar-refractivity contribution in [1.29, 1.82) is 0 Å². The van der Waals surface area contributed by atoms with E-state index in [0.717, 1.165) is 39.1 Å². The van der Waals surface area contributed by atoms with Gasteiger partial charge in [-0.1, -0.05) is 90.6 Å². The number of nitrogens with zero attached hydrogens (tertiary/aromatic N) is 4. The summed E-state index contributed by atoms with van der Waals surface area (Å²) >= 11 is 1.48. The van der Waals surface area contributed by atoms with E-state index in [1.54, 1.807) is 41.1 Å². The molecule has 298 valence electrons. The molecular weight excluding hydrogens is 755 g/mol. The molecule has 58 heavy (non-hydrogen) atoms. The number of phenolic OH excluding ortho intramolecular Hbond substituents is 1. The third-order valence-corrected chi connectivity index (χ3v) is 10.8. The minimum atomic E-state index is -0.636. The van der Waals surface area contributed by atoms with E-state index >= 15 is 0 Å².